The zero-order chi connectivity index (χ0) is 12.4. The summed E-state index contributed by atoms with van der Waals surface area (Å²) in [6, 6.07) is 3.59. The Hall–Kier alpha value is -0.810. The van der Waals surface area contributed by atoms with Crippen LogP contribution in [0.2, 0.25) is 0 Å². The highest BCUT2D eigenvalue weighted by Gasteiger charge is 2.30. The lowest BCUT2D eigenvalue weighted by Crippen LogP contribution is -2.30. The number of anilines is 2. The molecule has 3 nitrogen and oxygen atoms in total. The molecule has 1 aromatic rings. The fraction of sp³-hybridized carbons (Fsp3) is 0.500. The minimum atomic E-state index is -0.280. The number of hydrogen-bond acceptors (Lipinski definition) is 3. The van der Waals surface area contributed by atoms with Crippen molar-refractivity contribution in [1.29, 1.82) is 0 Å². The highest BCUT2D eigenvalue weighted by atomic mass is 79.9. The Morgan fingerprint density at radius 1 is 1.53 bits per heavy atom. The number of hydrogen-bond donors (Lipinski definition) is 1. The van der Waals surface area contributed by atoms with Crippen LogP contribution in [0.4, 0.5) is 15.8 Å². The predicted molar refractivity (Wildman–Crippen MR) is 70.8 cm³/mol. The molecule has 1 aliphatic rings. The van der Waals surface area contributed by atoms with E-state index in [1.54, 1.807) is 13.2 Å². The van der Waals surface area contributed by atoms with Gasteiger partial charge < -0.3 is 15.4 Å². The first-order valence-corrected chi connectivity index (χ1v) is 6.43. The van der Waals surface area contributed by atoms with Gasteiger partial charge in [0.25, 0.3) is 0 Å². The summed E-state index contributed by atoms with van der Waals surface area (Å²) in [5, 5.41) is 0. The van der Waals surface area contributed by atoms with Gasteiger partial charge in [0.15, 0.2) is 0 Å². The van der Waals surface area contributed by atoms with Gasteiger partial charge in [-0.1, -0.05) is 0 Å². The van der Waals surface area contributed by atoms with E-state index in [2.05, 4.69) is 20.8 Å². The second-order valence-electron chi connectivity index (χ2n) is 4.24. The maximum atomic E-state index is 13.6. The van der Waals surface area contributed by atoms with Crippen molar-refractivity contribution in [2.75, 3.05) is 30.9 Å². The Bertz CT molecular complexity index is 410. The summed E-state index contributed by atoms with van der Waals surface area (Å²) in [5.74, 6) is -0.280. The van der Waals surface area contributed by atoms with Gasteiger partial charge >= 0.3 is 0 Å². The van der Waals surface area contributed by atoms with E-state index in [9.17, 15) is 4.39 Å². The van der Waals surface area contributed by atoms with Gasteiger partial charge in [-0.2, -0.15) is 0 Å². The Balaban J connectivity index is 2.25. The molecular weight excluding hydrogens is 287 g/mol. The first-order valence-electron chi connectivity index (χ1n) is 5.63. The first kappa shape index (κ1) is 12.6. The maximum Gasteiger partial charge on any atom is 0.139 e. The van der Waals surface area contributed by atoms with Crippen molar-refractivity contribution in [3.63, 3.8) is 0 Å². The number of benzene rings is 1. The third-order valence-corrected chi connectivity index (χ3v) is 3.51. The Morgan fingerprint density at radius 3 is 2.82 bits per heavy atom. The van der Waals surface area contributed by atoms with Crippen LogP contribution in [0.5, 0.6) is 0 Å². The van der Waals surface area contributed by atoms with Crippen LogP contribution in [0.3, 0.4) is 0 Å². The summed E-state index contributed by atoms with van der Waals surface area (Å²) >= 11 is 3.14. The molecule has 0 bridgehead atoms. The molecule has 5 heteroatoms. The lowest BCUT2D eigenvalue weighted by Gasteiger charge is -2.26. The van der Waals surface area contributed by atoms with Crippen LogP contribution in [-0.4, -0.2) is 26.3 Å². The molecule has 0 atom stereocenters. The Morgan fingerprint density at radius 2 is 2.24 bits per heavy atom. The number of nitrogens with two attached hydrogens (primary N) is 1. The smallest absolute Gasteiger partial charge is 0.139 e. The Kier molecular flexibility index (Phi) is 3.89. The van der Waals surface area contributed by atoms with Crippen LogP contribution in [0.1, 0.15) is 12.8 Å². The third-order valence-electron chi connectivity index (χ3n) is 2.90. The van der Waals surface area contributed by atoms with E-state index in [-0.39, 0.29) is 5.82 Å². The molecule has 1 aliphatic carbocycles. The summed E-state index contributed by atoms with van der Waals surface area (Å²) in [6.45, 7) is 1.36. The Labute approximate surface area is 109 Å². The van der Waals surface area contributed by atoms with E-state index < -0.39 is 0 Å². The van der Waals surface area contributed by atoms with Crippen molar-refractivity contribution >= 4 is 27.3 Å². The van der Waals surface area contributed by atoms with E-state index in [1.165, 1.54) is 6.07 Å². The topological polar surface area (TPSA) is 38.5 Å². The molecule has 0 aromatic heterocycles. The number of halogens is 2. The van der Waals surface area contributed by atoms with Crippen molar-refractivity contribution in [1.82, 2.24) is 0 Å². The minimum Gasteiger partial charge on any atom is -0.397 e. The zero-order valence-corrected chi connectivity index (χ0v) is 11.3. The standard InChI is InChI=1S/C12H16BrFN2O/c1-17-5-4-16(8-2-3-8)12-7-10(14)9(13)6-11(12)15/h6-8H,2-5,15H2,1H3. The van der Waals surface area contributed by atoms with Crippen LogP contribution in [0.25, 0.3) is 0 Å². The van der Waals surface area contributed by atoms with Crippen molar-refractivity contribution in [2.45, 2.75) is 18.9 Å². The molecular formula is C12H16BrFN2O. The summed E-state index contributed by atoms with van der Waals surface area (Å²) in [4.78, 5) is 2.13. The van der Waals surface area contributed by atoms with E-state index in [0.717, 1.165) is 25.1 Å². The van der Waals surface area contributed by atoms with E-state index in [1.807, 2.05) is 0 Å². The maximum absolute atomic E-state index is 13.6. The van der Waals surface area contributed by atoms with Crippen molar-refractivity contribution in [2.24, 2.45) is 0 Å². The molecule has 0 radical (unpaired) electrons. The highest BCUT2D eigenvalue weighted by Crippen LogP contribution is 2.36. The molecule has 1 fully saturated rings. The van der Waals surface area contributed by atoms with Crippen LogP contribution in [-0.2, 0) is 4.74 Å². The minimum absolute atomic E-state index is 0.280. The lowest BCUT2D eigenvalue weighted by molar-refractivity contribution is 0.205. The molecule has 0 saturated heterocycles. The fourth-order valence-electron chi connectivity index (χ4n) is 1.88. The van der Waals surface area contributed by atoms with Gasteiger partial charge in [-0.25, -0.2) is 4.39 Å². The van der Waals surface area contributed by atoms with Crippen molar-refractivity contribution in [3.05, 3.63) is 22.4 Å². The summed E-state index contributed by atoms with van der Waals surface area (Å²) in [6.07, 6.45) is 2.28. The molecule has 1 saturated carbocycles. The van der Waals surface area contributed by atoms with Gasteiger partial charge in [0.2, 0.25) is 0 Å². The second-order valence-corrected chi connectivity index (χ2v) is 5.10. The average Bonchev–Trinajstić information content (AvgIpc) is 3.10. The fourth-order valence-corrected chi connectivity index (χ4v) is 2.24. The van der Waals surface area contributed by atoms with E-state index >= 15 is 0 Å². The van der Waals surface area contributed by atoms with Gasteiger partial charge in [-0.3, -0.25) is 0 Å². The molecule has 0 amide bonds. The van der Waals surface area contributed by atoms with E-state index in [0.29, 0.717) is 22.8 Å². The average molecular weight is 303 g/mol. The van der Waals surface area contributed by atoms with Gasteiger partial charge in [-0.15, -0.1) is 0 Å². The predicted octanol–water partition coefficient (Wildman–Crippen LogP) is 2.79. The van der Waals surface area contributed by atoms with Gasteiger partial charge in [-0.05, 0) is 34.8 Å². The number of rotatable bonds is 5. The number of ether oxygens (including phenoxy) is 1. The zero-order valence-electron chi connectivity index (χ0n) is 9.75. The molecule has 17 heavy (non-hydrogen) atoms. The summed E-state index contributed by atoms with van der Waals surface area (Å²) < 4.78 is 19.0. The molecule has 0 aliphatic heterocycles. The van der Waals surface area contributed by atoms with Gasteiger partial charge in [0.05, 0.1) is 22.5 Å². The quantitative estimate of drug-likeness (QED) is 0.850. The molecule has 0 heterocycles. The lowest BCUT2D eigenvalue weighted by atomic mass is 10.2. The van der Waals surface area contributed by atoms with Crippen molar-refractivity contribution in [3.8, 4) is 0 Å². The number of methoxy groups -OCH3 is 1. The molecule has 0 spiro atoms. The van der Waals surface area contributed by atoms with Crippen LogP contribution in [0, 0.1) is 5.82 Å². The molecule has 0 unspecified atom stereocenters. The molecule has 94 valence electrons. The molecule has 2 rings (SSSR count). The summed E-state index contributed by atoms with van der Waals surface area (Å²) in [7, 11) is 1.66. The molecule has 1 aromatic carbocycles. The van der Waals surface area contributed by atoms with Gasteiger partial charge in [0.1, 0.15) is 5.82 Å². The molecule has 2 N–H and O–H groups in total. The van der Waals surface area contributed by atoms with Gasteiger partial charge in [0, 0.05) is 25.8 Å². The number of nitrogens with zero attached hydrogens (tertiary/aromatic N) is 1. The number of nitrogen functional groups attached to an aromatic ring is 1. The normalized spacial score (nSPS) is 15.0. The second kappa shape index (κ2) is 5.23. The highest BCUT2D eigenvalue weighted by molar-refractivity contribution is 9.10. The summed E-state index contributed by atoms with van der Waals surface area (Å²) in [5.41, 5.74) is 7.32. The van der Waals surface area contributed by atoms with E-state index in [4.69, 9.17) is 10.5 Å². The third kappa shape index (κ3) is 2.90. The van der Waals surface area contributed by atoms with Crippen LogP contribution < -0.4 is 10.6 Å². The first-order chi connectivity index (χ1) is 8.13. The van der Waals surface area contributed by atoms with Crippen LogP contribution >= 0.6 is 15.9 Å². The SMILES string of the molecule is COCCN(c1cc(F)c(Br)cc1N)C1CC1. The largest absolute Gasteiger partial charge is 0.397 e. The van der Waals surface area contributed by atoms with Crippen molar-refractivity contribution < 1.29 is 9.13 Å². The monoisotopic (exact) mass is 302 g/mol. The van der Waals surface area contributed by atoms with Crippen LogP contribution in [0.15, 0.2) is 16.6 Å².